The molecule has 1 N–H and O–H groups in total. The minimum absolute atomic E-state index is 0.0332. The first-order chi connectivity index (χ1) is 7.61. The fraction of sp³-hybridized carbons (Fsp3) is 0.500. The van der Waals surface area contributed by atoms with Gasteiger partial charge in [-0.05, 0) is 6.07 Å². The van der Waals surface area contributed by atoms with Gasteiger partial charge in [0.25, 0.3) is 0 Å². The first-order valence-electron chi connectivity index (χ1n) is 5.00. The molecule has 0 spiro atoms. The summed E-state index contributed by atoms with van der Waals surface area (Å²) in [6, 6.07) is 1.68. The number of aryl methyl sites for hydroxylation is 1. The highest BCUT2D eigenvalue weighted by atomic mass is 16.5. The number of rotatable bonds is 2. The molecule has 1 aromatic heterocycles. The van der Waals surface area contributed by atoms with Crippen molar-refractivity contribution in [3.63, 3.8) is 0 Å². The number of methoxy groups -OCH3 is 1. The lowest BCUT2D eigenvalue weighted by molar-refractivity contribution is -0.119. The number of carbonyl (C=O) groups is 2. The standard InChI is InChI=1S/C10H13N3O3/c1-13-8(6-3-9(14)11-5-6)4-7(12-13)10(15)16-2/h4,6H,3,5H2,1-2H3,(H,11,14). The van der Waals surface area contributed by atoms with Crippen molar-refractivity contribution in [1.82, 2.24) is 15.1 Å². The molecule has 0 aromatic carbocycles. The first kappa shape index (κ1) is 10.7. The van der Waals surface area contributed by atoms with Crippen LogP contribution in [-0.4, -0.2) is 35.3 Å². The molecule has 6 heteroatoms. The van der Waals surface area contributed by atoms with Gasteiger partial charge in [-0.1, -0.05) is 0 Å². The van der Waals surface area contributed by atoms with Gasteiger partial charge in [-0.15, -0.1) is 0 Å². The van der Waals surface area contributed by atoms with Crippen LogP contribution in [0, 0.1) is 0 Å². The van der Waals surface area contributed by atoms with E-state index in [0.717, 1.165) is 5.69 Å². The summed E-state index contributed by atoms with van der Waals surface area (Å²) in [4.78, 5) is 22.4. The van der Waals surface area contributed by atoms with Gasteiger partial charge in [-0.25, -0.2) is 4.79 Å². The summed E-state index contributed by atoms with van der Waals surface area (Å²) >= 11 is 0. The van der Waals surface area contributed by atoms with Crippen molar-refractivity contribution in [2.24, 2.45) is 7.05 Å². The Morgan fingerprint density at radius 2 is 2.44 bits per heavy atom. The monoisotopic (exact) mass is 223 g/mol. The topological polar surface area (TPSA) is 73.2 Å². The summed E-state index contributed by atoms with van der Waals surface area (Å²) in [5.74, 6) is -0.339. The summed E-state index contributed by atoms with van der Waals surface area (Å²) in [6.07, 6.45) is 0.445. The van der Waals surface area contributed by atoms with E-state index in [0.29, 0.717) is 13.0 Å². The molecule has 1 saturated heterocycles. The summed E-state index contributed by atoms with van der Waals surface area (Å²) in [5.41, 5.74) is 1.15. The van der Waals surface area contributed by atoms with Crippen molar-refractivity contribution in [2.75, 3.05) is 13.7 Å². The van der Waals surface area contributed by atoms with Gasteiger partial charge in [-0.2, -0.15) is 5.10 Å². The van der Waals surface area contributed by atoms with Crippen LogP contribution < -0.4 is 5.32 Å². The lowest BCUT2D eigenvalue weighted by atomic mass is 10.0. The number of esters is 1. The van der Waals surface area contributed by atoms with Gasteiger partial charge in [0.2, 0.25) is 5.91 Å². The molecule has 6 nitrogen and oxygen atoms in total. The molecule has 0 aliphatic carbocycles. The molecule has 1 fully saturated rings. The van der Waals surface area contributed by atoms with Gasteiger partial charge in [0, 0.05) is 31.6 Å². The molecule has 1 aromatic rings. The fourth-order valence-electron chi connectivity index (χ4n) is 1.88. The van der Waals surface area contributed by atoms with Crippen molar-refractivity contribution < 1.29 is 14.3 Å². The summed E-state index contributed by atoms with van der Waals surface area (Å²) in [5, 5.41) is 6.81. The maximum Gasteiger partial charge on any atom is 0.358 e. The number of nitrogens with one attached hydrogen (secondary N) is 1. The van der Waals surface area contributed by atoms with E-state index in [2.05, 4.69) is 15.2 Å². The number of carbonyl (C=O) groups excluding carboxylic acids is 2. The maximum atomic E-state index is 11.3. The van der Waals surface area contributed by atoms with Crippen molar-refractivity contribution in [2.45, 2.75) is 12.3 Å². The molecular weight excluding hydrogens is 210 g/mol. The van der Waals surface area contributed by atoms with Crippen LogP contribution in [0.5, 0.6) is 0 Å². The molecular formula is C10H13N3O3. The Morgan fingerprint density at radius 3 is 3.00 bits per heavy atom. The predicted molar refractivity (Wildman–Crippen MR) is 54.9 cm³/mol. The average Bonchev–Trinajstić information content (AvgIpc) is 2.83. The number of ether oxygens (including phenoxy) is 1. The van der Waals surface area contributed by atoms with Crippen molar-refractivity contribution in [3.05, 3.63) is 17.5 Å². The van der Waals surface area contributed by atoms with Crippen molar-refractivity contribution >= 4 is 11.9 Å². The SMILES string of the molecule is COC(=O)c1cc(C2CNC(=O)C2)n(C)n1. The van der Waals surface area contributed by atoms with Crippen LogP contribution >= 0.6 is 0 Å². The van der Waals surface area contributed by atoms with E-state index in [1.54, 1.807) is 17.8 Å². The Labute approximate surface area is 92.6 Å². The normalized spacial score (nSPS) is 19.6. The highest BCUT2D eigenvalue weighted by Crippen LogP contribution is 2.23. The first-order valence-corrected chi connectivity index (χ1v) is 5.00. The summed E-state index contributed by atoms with van der Waals surface area (Å²) < 4.78 is 6.21. The van der Waals surface area contributed by atoms with E-state index in [-0.39, 0.29) is 17.5 Å². The van der Waals surface area contributed by atoms with Gasteiger partial charge in [0.15, 0.2) is 5.69 Å². The maximum absolute atomic E-state index is 11.3. The molecule has 0 radical (unpaired) electrons. The summed E-state index contributed by atoms with van der Waals surface area (Å²) in [7, 11) is 3.07. The molecule has 86 valence electrons. The van der Waals surface area contributed by atoms with E-state index in [1.807, 2.05) is 0 Å². The number of aromatic nitrogens is 2. The number of nitrogens with zero attached hydrogens (tertiary/aromatic N) is 2. The minimum atomic E-state index is -0.459. The van der Waals surface area contributed by atoms with E-state index >= 15 is 0 Å². The number of hydrogen-bond donors (Lipinski definition) is 1. The Bertz CT molecular complexity index is 439. The molecule has 1 atom stereocenters. The van der Waals surface area contributed by atoms with Crippen molar-refractivity contribution in [3.8, 4) is 0 Å². The van der Waals surface area contributed by atoms with Crippen LogP contribution in [0.15, 0.2) is 6.07 Å². The smallest absolute Gasteiger partial charge is 0.358 e. The second kappa shape index (κ2) is 3.96. The van der Waals surface area contributed by atoms with Crippen molar-refractivity contribution in [1.29, 1.82) is 0 Å². The molecule has 1 aliphatic heterocycles. The zero-order chi connectivity index (χ0) is 11.7. The third-order valence-electron chi connectivity index (χ3n) is 2.71. The Balaban J connectivity index is 2.25. The third-order valence-corrected chi connectivity index (χ3v) is 2.71. The molecule has 2 rings (SSSR count). The van der Waals surface area contributed by atoms with Crippen LogP contribution in [0.4, 0.5) is 0 Å². The highest BCUT2D eigenvalue weighted by Gasteiger charge is 2.27. The van der Waals surface area contributed by atoms with Crippen LogP contribution in [0.2, 0.25) is 0 Å². The Hall–Kier alpha value is -1.85. The zero-order valence-electron chi connectivity index (χ0n) is 9.19. The zero-order valence-corrected chi connectivity index (χ0v) is 9.19. The van der Waals surface area contributed by atoms with Crippen LogP contribution in [0.3, 0.4) is 0 Å². The van der Waals surface area contributed by atoms with E-state index < -0.39 is 5.97 Å². The van der Waals surface area contributed by atoms with Gasteiger partial charge in [0.1, 0.15) is 0 Å². The number of hydrogen-bond acceptors (Lipinski definition) is 4. The Kier molecular flexibility index (Phi) is 2.64. The molecule has 2 heterocycles. The van der Waals surface area contributed by atoms with Crippen LogP contribution in [0.1, 0.15) is 28.5 Å². The van der Waals surface area contributed by atoms with Gasteiger partial charge < -0.3 is 10.1 Å². The minimum Gasteiger partial charge on any atom is -0.464 e. The molecule has 16 heavy (non-hydrogen) atoms. The lowest BCUT2D eigenvalue weighted by Crippen LogP contribution is -2.14. The molecule has 1 unspecified atom stereocenters. The largest absolute Gasteiger partial charge is 0.464 e. The van der Waals surface area contributed by atoms with Gasteiger partial charge in [-0.3, -0.25) is 9.48 Å². The second-order valence-corrected chi connectivity index (χ2v) is 3.77. The molecule has 0 bridgehead atoms. The van der Waals surface area contributed by atoms with Gasteiger partial charge >= 0.3 is 5.97 Å². The van der Waals surface area contributed by atoms with E-state index in [4.69, 9.17) is 0 Å². The average molecular weight is 223 g/mol. The van der Waals surface area contributed by atoms with E-state index in [9.17, 15) is 9.59 Å². The second-order valence-electron chi connectivity index (χ2n) is 3.77. The summed E-state index contributed by atoms with van der Waals surface area (Å²) in [6.45, 7) is 0.596. The molecule has 0 saturated carbocycles. The van der Waals surface area contributed by atoms with Gasteiger partial charge in [0.05, 0.1) is 7.11 Å². The predicted octanol–water partition coefficient (Wildman–Crippen LogP) is -0.190. The van der Waals surface area contributed by atoms with Crippen LogP contribution in [-0.2, 0) is 16.6 Å². The van der Waals surface area contributed by atoms with E-state index in [1.165, 1.54) is 7.11 Å². The third kappa shape index (κ3) is 1.78. The Morgan fingerprint density at radius 1 is 1.69 bits per heavy atom. The lowest BCUT2D eigenvalue weighted by Gasteiger charge is -2.06. The highest BCUT2D eigenvalue weighted by molar-refractivity contribution is 5.87. The molecule has 1 amide bonds. The fourth-order valence-corrected chi connectivity index (χ4v) is 1.88. The number of amides is 1. The molecule has 1 aliphatic rings. The quantitative estimate of drug-likeness (QED) is 0.705. The van der Waals surface area contributed by atoms with Crippen LogP contribution in [0.25, 0.3) is 0 Å².